The van der Waals surface area contributed by atoms with Gasteiger partial charge in [-0.3, -0.25) is 4.90 Å². The van der Waals surface area contributed by atoms with Gasteiger partial charge in [-0.25, -0.2) is 0 Å². The Hall–Kier alpha value is -0.0100. The van der Waals surface area contributed by atoms with Crippen molar-refractivity contribution in [1.82, 2.24) is 4.90 Å². The number of halogens is 1. The minimum atomic E-state index is 0.687. The van der Waals surface area contributed by atoms with Gasteiger partial charge in [-0.2, -0.15) is 0 Å². The Kier molecular flexibility index (Phi) is 3.95. The molecular weight excluding hydrogens is 158 g/mol. The summed E-state index contributed by atoms with van der Waals surface area (Å²) in [5.74, 6) is 0. The van der Waals surface area contributed by atoms with Gasteiger partial charge in [0.05, 0.1) is 6.00 Å². The van der Waals surface area contributed by atoms with Crippen molar-refractivity contribution in [3.63, 3.8) is 0 Å². The summed E-state index contributed by atoms with van der Waals surface area (Å²) < 4.78 is 0. The van der Waals surface area contributed by atoms with Crippen LogP contribution in [0.2, 0.25) is 0 Å². The summed E-state index contributed by atoms with van der Waals surface area (Å²) in [6.07, 6.45) is 4.83. The van der Waals surface area contributed by atoms with Gasteiger partial charge in [-0.05, 0) is 38.8 Å². The molecule has 1 aliphatic rings. The van der Waals surface area contributed by atoms with Gasteiger partial charge in [0.25, 0.3) is 0 Å². The molecule has 0 aromatic carbocycles. The van der Waals surface area contributed by atoms with Crippen LogP contribution in [0, 0.1) is 0 Å². The number of hydrogen-bond donors (Lipinski definition) is 0. The van der Waals surface area contributed by atoms with Gasteiger partial charge in [0.2, 0.25) is 0 Å². The Bertz CT molecular complexity index is 122. The summed E-state index contributed by atoms with van der Waals surface area (Å²) in [5, 5.41) is 0. The maximum absolute atomic E-state index is 5.75. The second-order valence-electron chi connectivity index (χ2n) is 3.19. The van der Waals surface area contributed by atoms with Crippen LogP contribution in [0.3, 0.4) is 0 Å². The lowest BCUT2D eigenvalue weighted by Gasteiger charge is -2.22. The first-order chi connectivity index (χ1) is 5.33. The van der Waals surface area contributed by atoms with Crippen LogP contribution >= 0.6 is 11.6 Å². The van der Waals surface area contributed by atoms with Crippen LogP contribution in [0.5, 0.6) is 0 Å². The molecule has 1 fully saturated rings. The zero-order chi connectivity index (χ0) is 8.10. The molecular formula is C9H16ClN. The zero-order valence-corrected chi connectivity index (χ0v) is 7.74. The van der Waals surface area contributed by atoms with E-state index in [4.69, 9.17) is 11.6 Å². The van der Waals surface area contributed by atoms with Crippen molar-refractivity contribution in [1.29, 1.82) is 0 Å². The number of likely N-dealkylation sites (tertiary alicyclic amines) is 1. The highest BCUT2D eigenvalue weighted by molar-refractivity contribution is 6.17. The van der Waals surface area contributed by atoms with E-state index in [2.05, 4.69) is 11.5 Å². The molecule has 0 atom stereocenters. The van der Waals surface area contributed by atoms with E-state index in [1.165, 1.54) is 31.3 Å². The van der Waals surface area contributed by atoms with Crippen molar-refractivity contribution in [3.8, 4) is 0 Å². The maximum Gasteiger partial charge on any atom is 0.0738 e. The van der Waals surface area contributed by atoms with Crippen molar-refractivity contribution in [2.24, 2.45) is 0 Å². The van der Waals surface area contributed by atoms with E-state index in [0.717, 1.165) is 13.1 Å². The molecule has 0 unspecified atom stereocenters. The van der Waals surface area contributed by atoms with Gasteiger partial charge in [0.15, 0.2) is 0 Å². The summed E-state index contributed by atoms with van der Waals surface area (Å²) in [6, 6.07) is 0.687. The van der Waals surface area contributed by atoms with Crippen LogP contribution in [-0.2, 0) is 0 Å². The van der Waals surface area contributed by atoms with Crippen LogP contribution < -0.4 is 0 Å². The first kappa shape index (κ1) is 9.08. The van der Waals surface area contributed by atoms with E-state index in [1.54, 1.807) is 0 Å². The number of allylic oxidation sites excluding steroid dienone is 1. The first-order valence-corrected chi connectivity index (χ1v) is 4.81. The second-order valence-corrected chi connectivity index (χ2v) is 3.43. The third-order valence-electron chi connectivity index (χ3n) is 2.18. The fourth-order valence-electron chi connectivity index (χ4n) is 1.46. The standard InChI is InChI=1S/C9H16ClN/c1-9-4-2-6-11(8-10)7-3-5-9/h1-8H2. The van der Waals surface area contributed by atoms with Gasteiger partial charge in [0, 0.05) is 0 Å². The average molecular weight is 174 g/mol. The molecule has 0 saturated carbocycles. The van der Waals surface area contributed by atoms with Gasteiger partial charge in [-0.1, -0.05) is 12.2 Å². The molecule has 0 aromatic rings. The molecule has 1 aliphatic heterocycles. The first-order valence-electron chi connectivity index (χ1n) is 4.28. The molecule has 0 spiro atoms. The average Bonchev–Trinajstić information content (AvgIpc) is 1.96. The van der Waals surface area contributed by atoms with E-state index in [1.807, 2.05) is 0 Å². The second kappa shape index (κ2) is 4.78. The number of nitrogens with zero attached hydrogens (tertiary/aromatic N) is 1. The van der Waals surface area contributed by atoms with Gasteiger partial charge in [-0.15, -0.1) is 11.6 Å². The lowest BCUT2D eigenvalue weighted by Crippen LogP contribution is -2.26. The quantitative estimate of drug-likeness (QED) is 0.335. The molecule has 2 heteroatoms. The van der Waals surface area contributed by atoms with Gasteiger partial charge < -0.3 is 0 Å². The molecule has 0 aliphatic carbocycles. The van der Waals surface area contributed by atoms with Crippen molar-refractivity contribution in [2.75, 3.05) is 19.1 Å². The van der Waals surface area contributed by atoms with E-state index in [-0.39, 0.29) is 0 Å². The van der Waals surface area contributed by atoms with Crippen molar-refractivity contribution < 1.29 is 0 Å². The SMILES string of the molecule is C=C1CCCN(CCl)CCC1. The van der Waals surface area contributed by atoms with Crippen LogP contribution in [0.1, 0.15) is 25.7 Å². The van der Waals surface area contributed by atoms with Crippen molar-refractivity contribution in [3.05, 3.63) is 12.2 Å². The van der Waals surface area contributed by atoms with E-state index in [9.17, 15) is 0 Å². The molecule has 1 heterocycles. The summed E-state index contributed by atoms with van der Waals surface area (Å²) in [5.41, 5.74) is 1.42. The molecule has 64 valence electrons. The number of rotatable bonds is 1. The van der Waals surface area contributed by atoms with E-state index in [0.29, 0.717) is 6.00 Å². The topological polar surface area (TPSA) is 3.24 Å². The minimum absolute atomic E-state index is 0.687. The monoisotopic (exact) mass is 173 g/mol. The molecule has 1 saturated heterocycles. The van der Waals surface area contributed by atoms with Gasteiger partial charge in [0.1, 0.15) is 0 Å². The number of alkyl halides is 1. The molecule has 0 bridgehead atoms. The zero-order valence-electron chi connectivity index (χ0n) is 6.98. The summed E-state index contributed by atoms with van der Waals surface area (Å²) in [6.45, 7) is 6.30. The summed E-state index contributed by atoms with van der Waals surface area (Å²) in [7, 11) is 0. The summed E-state index contributed by atoms with van der Waals surface area (Å²) in [4.78, 5) is 2.30. The molecule has 0 aromatic heterocycles. The fraction of sp³-hybridized carbons (Fsp3) is 0.778. The molecule has 11 heavy (non-hydrogen) atoms. The Labute approximate surface area is 74.0 Å². The Morgan fingerprint density at radius 1 is 1.27 bits per heavy atom. The highest BCUT2D eigenvalue weighted by atomic mass is 35.5. The third kappa shape index (κ3) is 3.26. The summed E-state index contributed by atoms with van der Waals surface area (Å²) >= 11 is 5.75. The Morgan fingerprint density at radius 2 is 1.82 bits per heavy atom. The maximum atomic E-state index is 5.75. The van der Waals surface area contributed by atoms with Gasteiger partial charge >= 0.3 is 0 Å². The fourth-order valence-corrected chi connectivity index (χ4v) is 1.70. The Morgan fingerprint density at radius 3 is 2.27 bits per heavy atom. The van der Waals surface area contributed by atoms with Crippen molar-refractivity contribution >= 4 is 11.6 Å². The van der Waals surface area contributed by atoms with E-state index >= 15 is 0 Å². The molecule has 0 radical (unpaired) electrons. The predicted molar refractivity (Wildman–Crippen MR) is 49.9 cm³/mol. The highest BCUT2D eigenvalue weighted by Gasteiger charge is 2.07. The normalized spacial score (nSPS) is 22.8. The molecule has 1 nitrogen and oxygen atoms in total. The number of hydrogen-bond acceptors (Lipinski definition) is 1. The molecule has 0 N–H and O–H groups in total. The van der Waals surface area contributed by atoms with Crippen molar-refractivity contribution in [2.45, 2.75) is 25.7 Å². The predicted octanol–water partition coefficient (Wildman–Crippen LogP) is 2.61. The lowest BCUT2D eigenvalue weighted by molar-refractivity contribution is 0.299. The largest absolute Gasteiger partial charge is 0.290 e. The minimum Gasteiger partial charge on any atom is -0.290 e. The van der Waals surface area contributed by atoms with Crippen LogP contribution in [0.4, 0.5) is 0 Å². The molecule has 0 amide bonds. The lowest BCUT2D eigenvalue weighted by atomic mass is 10.0. The highest BCUT2D eigenvalue weighted by Crippen LogP contribution is 2.14. The Balaban J connectivity index is 2.28. The molecule has 1 rings (SSSR count). The van der Waals surface area contributed by atoms with Crippen LogP contribution in [0.25, 0.3) is 0 Å². The van der Waals surface area contributed by atoms with Crippen LogP contribution in [0.15, 0.2) is 12.2 Å². The van der Waals surface area contributed by atoms with E-state index < -0.39 is 0 Å². The van der Waals surface area contributed by atoms with Crippen LogP contribution in [-0.4, -0.2) is 24.0 Å². The third-order valence-corrected chi connectivity index (χ3v) is 2.52. The smallest absolute Gasteiger partial charge is 0.0738 e.